The summed E-state index contributed by atoms with van der Waals surface area (Å²) in [5.41, 5.74) is 3.69. The molecule has 5 aromatic rings. The highest BCUT2D eigenvalue weighted by molar-refractivity contribution is 7.21. The van der Waals surface area contributed by atoms with Crippen LogP contribution < -0.4 is 4.90 Å². The molecule has 1 saturated heterocycles. The van der Waals surface area contributed by atoms with Crippen molar-refractivity contribution in [1.82, 2.24) is 19.9 Å². The molecule has 1 fully saturated rings. The number of hydrogen-bond acceptors (Lipinski definition) is 6. The van der Waals surface area contributed by atoms with Crippen LogP contribution >= 0.6 is 11.3 Å². The first-order valence-electron chi connectivity index (χ1n) is 11.1. The van der Waals surface area contributed by atoms with Crippen LogP contribution in [0.25, 0.3) is 32.5 Å². The van der Waals surface area contributed by atoms with Crippen molar-refractivity contribution in [3.8, 4) is 11.3 Å². The molecule has 34 heavy (non-hydrogen) atoms. The Morgan fingerprint density at radius 3 is 2.44 bits per heavy atom. The largest absolute Gasteiger partial charge is 0.344 e. The lowest BCUT2D eigenvalue weighted by Crippen LogP contribution is -2.48. The number of rotatable bonds is 3. The van der Waals surface area contributed by atoms with Gasteiger partial charge >= 0.3 is 0 Å². The molecule has 0 saturated carbocycles. The molecular weight excluding hydrogens is 449 g/mol. The predicted molar refractivity (Wildman–Crippen MR) is 133 cm³/mol. The molecule has 3 aromatic heterocycles. The van der Waals surface area contributed by atoms with Gasteiger partial charge in [-0.3, -0.25) is 4.79 Å². The molecule has 4 heterocycles. The fourth-order valence-corrected chi connectivity index (χ4v) is 5.25. The van der Waals surface area contributed by atoms with Crippen molar-refractivity contribution in [3.63, 3.8) is 0 Å². The number of hydrogen-bond donors (Lipinski definition) is 0. The van der Waals surface area contributed by atoms with Gasteiger partial charge in [0.2, 0.25) is 0 Å². The first kappa shape index (κ1) is 20.7. The molecule has 8 heteroatoms. The Hall–Kier alpha value is -3.91. The molecule has 168 valence electrons. The molecule has 6 rings (SSSR count). The van der Waals surface area contributed by atoms with Gasteiger partial charge in [-0.05, 0) is 48.5 Å². The van der Waals surface area contributed by atoms with Gasteiger partial charge in [0.05, 0.1) is 16.8 Å². The fourth-order valence-electron chi connectivity index (χ4n) is 4.29. The van der Waals surface area contributed by atoms with Crippen LogP contribution in [0.4, 0.5) is 9.52 Å². The number of carbonyl (C=O) groups is 1. The zero-order chi connectivity index (χ0) is 23.1. The maximum Gasteiger partial charge on any atom is 0.254 e. The van der Waals surface area contributed by atoms with Crippen LogP contribution in [0.2, 0.25) is 0 Å². The molecule has 0 radical (unpaired) electrons. The third kappa shape index (κ3) is 3.76. The van der Waals surface area contributed by atoms with E-state index in [1.165, 1.54) is 12.1 Å². The van der Waals surface area contributed by atoms with Crippen molar-refractivity contribution in [2.75, 3.05) is 31.1 Å². The Balaban J connectivity index is 1.28. The van der Waals surface area contributed by atoms with E-state index < -0.39 is 0 Å². The number of anilines is 1. The molecule has 1 aliphatic heterocycles. The van der Waals surface area contributed by atoms with Crippen LogP contribution in [0.1, 0.15) is 10.4 Å². The van der Waals surface area contributed by atoms with Crippen molar-refractivity contribution in [3.05, 3.63) is 84.3 Å². The second-order valence-electron chi connectivity index (χ2n) is 8.18. The maximum atomic E-state index is 13.6. The molecular formula is C26H20FN5OS. The summed E-state index contributed by atoms with van der Waals surface area (Å²) in [5.74, 6) is -0.324. The van der Waals surface area contributed by atoms with E-state index in [4.69, 9.17) is 9.97 Å². The van der Waals surface area contributed by atoms with E-state index >= 15 is 0 Å². The van der Waals surface area contributed by atoms with E-state index in [9.17, 15) is 9.18 Å². The van der Waals surface area contributed by atoms with Crippen LogP contribution in [0.15, 0.2) is 72.9 Å². The number of aromatic nitrogens is 3. The van der Waals surface area contributed by atoms with E-state index in [0.717, 1.165) is 31.9 Å². The Labute approximate surface area is 199 Å². The number of nitrogens with zero attached hydrogens (tertiary/aromatic N) is 5. The number of pyridine rings is 2. The van der Waals surface area contributed by atoms with E-state index in [-0.39, 0.29) is 11.7 Å². The van der Waals surface area contributed by atoms with Gasteiger partial charge < -0.3 is 9.80 Å². The zero-order valence-corrected chi connectivity index (χ0v) is 19.0. The Kier molecular flexibility index (Phi) is 5.15. The minimum atomic E-state index is -0.303. The van der Waals surface area contributed by atoms with Crippen molar-refractivity contribution in [2.45, 2.75) is 0 Å². The molecule has 1 aliphatic rings. The van der Waals surface area contributed by atoms with Gasteiger partial charge in [-0.1, -0.05) is 29.5 Å². The lowest BCUT2D eigenvalue weighted by Gasteiger charge is -2.34. The molecule has 0 atom stereocenters. The Morgan fingerprint density at radius 1 is 0.882 bits per heavy atom. The minimum Gasteiger partial charge on any atom is -0.344 e. The Bertz CT molecular complexity index is 1480. The van der Waals surface area contributed by atoms with Gasteiger partial charge in [-0.25, -0.2) is 19.3 Å². The van der Waals surface area contributed by atoms with Gasteiger partial charge in [0, 0.05) is 43.3 Å². The molecule has 0 spiro atoms. The van der Waals surface area contributed by atoms with Crippen LogP contribution in [0.3, 0.4) is 0 Å². The second kappa shape index (κ2) is 8.46. The number of amides is 1. The molecule has 6 nitrogen and oxygen atoms in total. The first-order valence-corrected chi connectivity index (χ1v) is 11.9. The monoisotopic (exact) mass is 469 g/mol. The van der Waals surface area contributed by atoms with Crippen LogP contribution in [0, 0.1) is 5.82 Å². The molecule has 0 unspecified atom stereocenters. The van der Waals surface area contributed by atoms with Gasteiger partial charge in [0.1, 0.15) is 16.2 Å². The van der Waals surface area contributed by atoms with Gasteiger partial charge in [0.15, 0.2) is 5.13 Å². The summed E-state index contributed by atoms with van der Waals surface area (Å²) in [7, 11) is 0. The van der Waals surface area contributed by atoms with E-state index in [2.05, 4.69) is 9.88 Å². The fraction of sp³-hybridized carbons (Fsp3) is 0.154. The topological polar surface area (TPSA) is 62.2 Å². The maximum absolute atomic E-state index is 13.6. The van der Waals surface area contributed by atoms with Crippen molar-refractivity contribution >= 4 is 43.6 Å². The van der Waals surface area contributed by atoms with Crippen molar-refractivity contribution in [1.29, 1.82) is 0 Å². The number of halogens is 1. The minimum absolute atomic E-state index is 0.0208. The lowest BCUT2D eigenvalue weighted by atomic mass is 10.0. The van der Waals surface area contributed by atoms with E-state index in [0.29, 0.717) is 37.4 Å². The number of benzene rings is 2. The number of thiazole rings is 1. The average Bonchev–Trinajstić information content (AvgIpc) is 3.33. The summed E-state index contributed by atoms with van der Waals surface area (Å²) in [4.78, 5) is 32.5. The predicted octanol–water partition coefficient (Wildman–Crippen LogP) is 5.01. The lowest BCUT2D eigenvalue weighted by molar-refractivity contribution is 0.0748. The number of carbonyl (C=O) groups excluding carboxylic acids is 1. The number of fused-ring (bicyclic) bond motifs is 2. The van der Waals surface area contributed by atoms with E-state index in [1.54, 1.807) is 29.7 Å². The molecule has 2 aromatic carbocycles. The third-order valence-electron chi connectivity index (χ3n) is 6.08. The summed E-state index contributed by atoms with van der Waals surface area (Å²) in [6, 6.07) is 19.5. The van der Waals surface area contributed by atoms with Gasteiger partial charge in [-0.2, -0.15) is 0 Å². The van der Waals surface area contributed by atoms with Crippen molar-refractivity contribution in [2.24, 2.45) is 0 Å². The summed E-state index contributed by atoms with van der Waals surface area (Å²) in [6.45, 7) is 2.62. The molecule has 0 bridgehead atoms. The summed E-state index contributed by atoms with van der Waals surface area (Å²) < 4.78 is 13.4. The molecule has 0 aliphatic carbocycles. The summed E-state index contributed by atoms with van der Waals surface area (Å²) in [5, 5.41) is 1.76. The SMILES string of the molecule is O=C(c1cc(-c2ccc(F)cc2)nc2ccccc12)N1CCN(c2nc3cccnc3s2)CC1. The molecule has 1 amide bonds. The van der Waals surface area contributed by atoms with Crippen LogP contribution in [-0.4, -0.2) is 51.9 Å². The Morgan fingerprint density at radius 2 is 1.65 bits per heavy atom. The number of para-hydroxylation sites is 1. The third-order valence-corrected chi connectivity index (χ3v) is 7.12. The summed E-state index contributed by atoms with van der Waals surface area (Å²) in [6.07, 6.45) is 1.78. The van der Waals surface area contributed by atoms with Gasteiger partial charge in [-0.15, -0.1) is 0 Å². The number of piperazine rings is 1. The van der Waals surface area contributed by atoms with Gasteiger partial charge in [0.25, 0.3) is 5.91 Å². The smallest absolute Gasteiger partial charge is 0.254 e. The zero-order valence-electron chi connectivity index (χ0n) is 18.2. The normalized spacial score (nSPS) is 14.1. The highest BCUT2D eigenvalue weighted by Gasteiger charge is 2.26. The van der Waals surface area contributed by atoms with Crippen molar-refractivity contribution < 1.29 is 9.18 Å². The highest BCUT2D eigenvalue weighted by Crippen LogP contribution is 2.29. The first-order chi connectivity index (χ1) is 16.7. The standard InChI is InChI=1S/C26H20FN5OS/c27-18-9-7-17(8-10-18)23-16-20(19-4-1-2-5-21(19)29-23)25(33)31-12-14-32(15-13-31)26-30-22-6-3-11-28-24(22)34-26/h1-11,16H,12-15H2. The second-order valence-corrected chi connectivity index (χ2v) is 9.14. The summed E-state index contributed by atoms with van der Waals surface area (Å²) >= 11 is 1.58. The highest BCUT2D eigenvalue weighted by atomic mass is 32.1. The van der Waals surface area contributed by atoms with Crippen LogP contribution in [-0.2, 0) is 0 Å². The molecule has 0 N–H and O–H groups in total. The quantitative estimate of drug-likeness (QED) is 0.372. The van der Waals surface area contributed by atoms with E-state index in [1.807, 2.05) is 47.4 Å². The van der Waals surface area contributed by atoms with Crippen LogP contribution in [0.5, 0.6) is 0 Å². The average molecular weight is 470 g/mol.